The van der Waals surface area contributed by atoms with E-state index in [1.807, 2.05) is 29.7 Å². The number of aryl methyl sites for hydroxylation is 1. The van der Waals surface area contributed by atoms with Crippen molar-refractivity contribution in [2.45, 2.75) is 20.3 Å². The minimum Gasteiger partial charge on any atom is -0.352 e. The van der Waals surface area contributed by atoms with Gasteiger partial charge >= 0.3 is 0 Å². The van der Waals surface area contributed by atoms with Crippen molar-refractivity contribution in [3.05, 3.63) is 46.9 Å². The molecule has 0 unspecified atom stereocenters. The van der Waals surface area contributed by atoms with Gasteiger partial charge in [0.2, 0.25) is 0 Å². The number of hydrogen-bond acceptors (Lipinski definition) is 6. The summed E-state index contributed by atoms with van der Waals surface area (Å²) in [6.45, 7) is 6.31. The van der Waals surface area contributed by atoms with E-state index in [0.717, 1.165) is 24.2 Å². The molecule has 0 N–H and O–H groups in total. The van der Waals surface area contributed by atoms with E-state index in [2.05, 4.69) is 21.3 Å². The summed E-state index contributed by atoms with van der Waals surface area (Å²) >= 11 is 0. The maximum absolute atomic E-state index is 12.6. The summed E-state index contributed by atoms with van der Waals surface area (Å²) in [4.78, 5) is 20.6. The molecule has 0 spiro atoms. The lowest BCUT2D eigenvalue weighted by atomic mass is 10.1. The largest absolute Gasteiger partial charge is 0.352 e. The summed E-state index contributed by atoms with van der Waals surface area (Å²) in [6, 6.07) is 7.59. The number of aromatic nitrogens is 3. The minimum absolute atomic E-state index is 0.0610. The molecule has 25 heavy (non-hydrogen) atoms. The van der Waals surface area contributed by atoms with Crippen LogP contribution < -0.4 is 4.90 Å². The summed E-state index contributed by atoms with van der Waals surface area (Å²) in [5.41, 5.74) is 2.65. The van der Waals surface area contributed by atoms with E-state index in [1.54, 1.807) is 18.3 Å². The number of carbonyl (C=O) groups is 1. The van der Waals surface area contributed by atoms with Crippen molar-refractivity contribution in [3.8, 4) is 6.07 Å². The minimum atomic E-state index is -0.0610. The average Bonchev–Trinajstić information content (AvgIpc) is 2.90. The molecule has 0 saturated carbocycles. The Morgan fingerprint density at radius 2 is 2.00 bits per heavy atom. The Labute approximate surface area is 146 Å². The molecule has 1 aliphatic heterocycles. The fourth-order valence-corrected chi connectivity index (χ4v) is 2.93. The molecule has 0 aliphatic carbocycles. The number of amides is 1. The van der Waals surface area contributed by atoms with Crippen LogP contribution in [0.5, 0.6) is 0 Å². The molecule has 0 atom stereocenters. The monoisotopic (exact) mass is 336 g/mol. The molecule has 0 bridgehead atoms. The van der Waals surface area contributed by atoms with Gasteiger partial charge in [-0.1, -0.05) is 6.07 Å². The Kier molecular flexibility index (Phi) is 4.89. The molecule has 7 heteroatoms. The van der Waals surface area contributed by atoms with Crippen LogP contribution in [0.4, 0.5) is 5.82 Å². The second-order valence-corrected chi connectivity index (χ2v) is 6.07. The predicted octanol–water partition coefficient (Wildman–Crippen LogP) is 1.71. The number of nitriles is 1. The maximum atomic E-state index is 12.6. The highest BCUT2D eigenvalue weighted by atomic mass is 16.2. The molecular weight excluding hydrogens is 316 g/mol. The van der Waals surface area contributed by atoms with Gasteiger partial charge < -0.3 is 9.80 Å². The van der Waals surface area contributed by atoms with Gasteiger partial charge in [0.05, 0.1) is 5.69 Å². The first-order chi connectivity index (χ1) is 12.1. The highest BCUT2D eigenvalue weighted by Crippen LogP contribution is 2.22. The summed E-state index contributed by atoms with van der Waals surface area (Å²) in [7, 11) is 0. The summed E-state index contributed by atoms with van der Waals surface area (Å²) in [5, 5.41) is 17.9. The quantitative estimate of drug-likeness (QED) is 0.830. The lowest BCUT2D eigenvalue weighted by molar-refractivity contribution is 0.0761. The predicted molar refractivity (Wildman–Crippen MR) is 93.2 cm³/mol. The zero-order chi connectivity index (χ0) is 17.8. The SMILES string of the molecule is Cc1nnc(N2CCCN(C(=O)c3ccccn3)CC2)c(C#N)c1C. The number of carbonyl (C=O) groups excluding carboxylic acids is 1. The van der Waals surface area contributed by atoms with Crippen molar-refractivity contribution in [3.63, 3.8) is 0 Å². The third-order valence-electron chi connectivity index (χ3n) is 4.51. The summed E-state index contributed by atoms with van der Waals surface area (Å²) in [6.07, 6.45) is 2.43. The molecule has 2 aromatic heterocycles. The van der Waals surface area contributed by atoms with Gasteiger partial charge in [-0.3, -0.25) is 9.78 Å². The van der Waals surface area contributed by atoms with Crippen molar-refractivity contribution >= 4 is 11.7 Å². The molecule has 1 saturated heterocycles. The van der Waals surface area contributed by atoms with Crippen LogP contribution in [0.25, 0.3) is 0 Å². The molecule has 7 nitrogen and oxygen atoms in total. The molecule has 0 radical (unpaired) electrons. The van der Waals surface area contributed by atoms with Crippen molar-refractivity contribution in [2.24, 2.45) is 0 Å². The summed E-state index contributed by atoms with van der Waals surface area (Å²) < 4.78 is 0. The number of anilines is 1. The molecule has 2 aromatic rings. The van der Waals surface area contributed by atoms with Gasteiger partial charge in [-0.25, -0.2) is 0 Å². The second-order valence-electron chi connectivity index (χ2n) is 6.07. The fourth-order valence-electron chi connectivity index (χ4n) is 2.93. The zero-order valence-electron chi connectivity index (χ0n) is 14.4. The van der Waals surface area contributed by atoms with Crippen molar-refractivity contribution in [2.75, 3.05) is 31.1 Å². The fraction of sp³-hybridized carbons (Fsp3) is 0.389. The molecular formula is C18H20N6O. The first-order valence-electron chi connectivity index (χ1n) is 8.31. The van der Waals surface area contributed by atoms with Crippen LogP contribution in [-0.2, 0) is 0 Å². The Bertz CT molecular complexity index is 814. The average molecular weight is 336 g/mol. The van der Waals surface area contributed by atoms with E-state index in [0.29, 0.717) is 36.7 Å². The van der Waals surface area contributed by atoms with Gasteiger partial charge in [0, 0.05) is 32.4 Å². The van der Waals surface area contributed by atoms with E-state index in [-0.39, 0.29) is 5.91 Å². The van der Waals surface area contributed by atoms with Crippen molar-refractivity contribution < 1.29 is 4.79 Å². The van der Waals surface area contributed by atoms with Gasteiger partial charge in [0.15, 0.2) is 5.82 Å². The smallest absolute Gasteiger partial charge is 0.272 e. The van der Waals surface area contributed by atoms with Crippen LogP contribution in [-0.4, -0.2) is 52.2 Å². The van der Waals surface area contributed by atoms with E-state index >= 15 is 0 Å². The van der Waals surface area contributed by atoms with E-state index < -0.39 is 0 Å². The number of hydrogen-bond donors (Lipinski definition) is 0. The van der Waals surface area contributed by atoms with Gasteiger partial charge in [0.1, 0.15) is 17.3 Å². The first-order valence-corrected chi connectivity index (χ1v) is 8.31. The Morgan fingerprint density at radius 1 is 1.16 bits per heavy atom. The maximum Gasteiger partial charge on any atom is 0.272 e. The van der Waals surface area contributed by atoms with E-state index in [9.17, 15) is 10.1 Å². The standard InChI is InChI=1S/C18H20N6O/c1-13-14(2)21-22-17(15(13)12-19)23-8-5-9-24(11-10-23)18(25)16-6-3-4-7-20-16/h3-4,6-7H,5,8-11H2,1-2H3. The number of pyridine rings is 1. The van der Waals surface area contributed by atoms with Crippen LogP contribution in [0.15, 0.2) is 24.4 Å². The van der Waals surface area contributed by atoms with Crippen LogP contribution in [0.1, 0.15) is 33.7 Å². The third kappa shape index (κ3) is 3.43. The first kappa shape index (κ1) is 16.8. The van der Waals surface area contributed by atoms with Crippen LogP contribution >= 0.6 is 0 Å². The molecule has 0 aromatic carbocycles. The van der Waals surface area contributed by atoms with Crippen LogP contribution in [0, 0.1) is 25.2 Å². The Balaban J connectivity index is 1.78. The highest BCUT2D eigenvalue weighted by Gasteiger charge is 2.24. The lowest BCUT2D eigenvalue weighted by Crippen LogP contribution is -2.36. The molecule has 3 rings (SSSR count). The highest BCUT2D eigenvalue weighted by molar-refractivity contribution is 5.92. The zero-order valence-corrected chi connectivity index (χ0v) is 14.4. The molecule has 3 heterocycles. The normalized spacial score (nSPS) is 14.8. The molecule has 128 valence electrons. The number of rotatable bonds is 2. The van der Waals surface area contributed by atoms with Gasteiger partial charge in [-0.2, -0.15) is 10.4 Å². The topological polar surface area (TPSA) is 86.0 Å². The van der Waals surface area contributed by atoms with Gasteiger partial charge in [-0.15, -0.1) is 5.10 Å². The third-order valence-corrected chi connectivity index (χ3v) is 4.51. The Morgan fingerprint density at radius 3 is 2.72 bits per heavy atom. The van der Waals surface area contributed by atoms with Crippen LogP contribution in [0.2, 0.25) is 0 Å². The second kappa shape index (κ2) is 7.26. The molecule has 1 amide bonds. The van der Waals surface area contributed by atoms with Crippen LogP contribution in [0.3, 0.4) is 0 Å². The molecule has 1 fully saturated rings. The van der Waals surface area contributed by atoms with Crippen molar-refractivity contribution in [1.29, 1.82) is 5.26 Å². The summed E-state index contributed by atoms with van der Waals surface area (Å²) in [5.74, 6) is 0.548. The Hall–Kier alpha value is -3.01. The number of nitrogens with zero attached hydrogens (tertiary/aromatic N) is 6. The molecule has 1 aliphatic rings. The van der Waals surface area contributed by atoms with E-state index in [4.69, 9.17) is 0 Å². The van der Waals surface area contributed by atoms with E-state index in [1.165, 1.54) is 0 Å². The lowest BCUT2D eigenvalue weighted by Gasteiger charge is -2.23. The van der Waals surface area contributed by atoms with Gasteiger partial charge in [-0.05, 0) is 38.0 Å². The van der Waals surface area contributed by atoms with Crippen molar-refractivity contribution in [1.82, 2.24) is 20.1 Å². The van der Waals surface area contributed by atoms with Gasteiger partial charge in [0.25, 0.3) is 5.91 Å².